The Labute approximate surface area is 112 Å². The summed E-state index contributed by atoms with van der Waals surface area (Å²) in [6.07, 6.45) is 3.53. The third kappa shape index (κ3) is 2.49. The molecule has 6 heteroatoms. The Hall–Kier alpha value is -1.43. The Balaban J connectivity index is 1.73. The third-order valence-electron chi connectivity index (χ3n) is 4.33. The van der Waals surface area contributed by atoms with Crippen LogP contribution in [-0.2, 0) is 24.2 Å². The van der Waals surface area contributed by atoms with Crippen molar-refractivity contribution in [3.05, 3.63) is 11.6 Å². The lowest BCUT2D eigenvalue weighted by atomic mass is 9.98. The Bertz CT molecular complexity index is 485. The molecule has 0 aromatic carbocycles. The molecular formula is C13H20N4O2. The predicted molar refractivity (Wildman–Crippen MR) is 68.8 cm³/mol. The lowest BCUT2D eigenvalue weighted by Crippen LogP contribution is -2.28. The molecule has 0 aliphatic carbocycles. The minimum Gasteiger partial charge on any atom is -0.481 e. The van der Waals surface area contributed by atoms with Crippen LogP contribution in [0.5, 0.6) is 0 Å². The minimum absolute atomic E-state index is 0.284. The van der Waals surface area contributed by atoms with Crippen LogP contribution < -0.4 is 0 Å². The molecule has 0 spiro atoms. The number of hydrogen-bond acceptors (Lipinski definition) is 4. The van der Waals surface area contributed by atoms with E-state index < -0.39 is 5.97 Å². The SMILES string of the molecule is CN1CCC(Cc2nnc3n2CC(C(=O)O)CC3)C1. The van der Waals surface area contributed by atoms with Crippen LogP contribution in [0.25, 0.3) is 0 Å². The van der Waals surface area contributed by atoms with E-state index in [4.69, 9.17) is 5.11 Å². The maximum atomic E-state index is 11.1. The zero-order chi connectivity index (χ0) is 13.4. The highest BCUT2D eigenvalue weighted by atomic mass is 16.4. The maximum Gasteiger partial charge on any atom is 0.308 e. The maximum absolute atomic E-state index is 11.1. The van der Waals surface area contributed by atoms with Gasteiger partial charge in [0.1, 0.15) is 11.6 Å². The Morgan fingerprint density at radius 1 is 1.37 bits per heavy atom. The highest BCUT2D eigenvalue weighted by Gasteiger charge is 2.29. The van der Waals surface area contributed by atoms with Gasteiger partial charge < -0.3 is 14.6 Å². The van der Waals surface area contributed by atoms with Crippen LogP contribution in [0.15, 0.2) is 0 Å². The molecule has 0 saturated carbocycles. The first-order valence-corrected chi connectivity index (χ1v) is 6.96. The predicted octanol–water partition coefficient (Wildman–Crippen LogP) is 0.419. The molecule has 3 rings (SSSR count). The molecule has 1 N–H and O–H groups in total. The van der Waals surface area contributed by atoms with Crippen molar-refractivity contribution in [3.8, 4) is 0 Å². The van der Waals surface area contributed by atoms with Gasteiger partial charge in [0.15, 0.2) is 0 Å². The van der Waals surface area contributed by atoms with Crippen molar-refractivity contribution in [2.24, 2.45) is 11.8 Å². The van der Waals surface area contributed by atoms with Gasteiger partial charge in [0, 0.05) is 25.9 Å². The van der Waals surface area contributed by atoms with E-state index in [0.717, 1.165) is 37.6 Å². The zero-order valence-electron chi connectivity index (χ0n) is 11.2. The molecule has 6 nitrogen and oxygen atoms in total. The van der Waals surface area contributed by atoms with Crippen molar-refractivity contribution in [2.45, 2.75) is 32.2 Å². The highest BCUT2D eigenvalue weighted by Crippen LogP contribution is 2.24. The molecule has 104 valence electrons. The summed E-state index contributed by atoms with van der Waals surface area (Å²) < 4.78 is 2.04. The standard InChI is InChI=1S/C13H20N4O2/c1-16-5-4-9(7-16)6-12-15-14-11-3-2-10(13(18)19)8-17(11)12/h9-10H,2-8H2,1H3,(H,18,19). The summed E-state index contributed by atoms with van der Waals surface area (Å²) in [6, 6.07) is 0. The number of aromatic nitrogens is 3. The van der Waals surface area contributed by atoms with Crippen LogP contribution in [0.2, 0.25) is 0 Å². The third-order valence-corrected chi connectivity index (χ3v) is 4.33. The molecule has 0 amide bonds. The fourth-order valence-electron chi connectivity index (χ4n) is 3.19. The molecule has 1 saturated heterocycles. The number of carboxylic acid groups (broad SMARTS) is 1. The molecule has 1 fully saturated rings. The lowest BCUT2D eigenvalue weighted by Gasteiger charge is -2.21. The number of hydrogen-bond donors (Lipinski definition) is 1. The Morgan fingerprint density at radius 3 is 2.89 bits per heavy atom. The minimum atomic E-state index is -0.703. The molecule has 2 aliphatic rings. The summed E-state index contributed by atoms with van der Waals surface area (Å²) in [7, 11) is 2.14. The van der Waals surface area contributed by atoms with E-state index in [1.165, 1.54) is 6.42 Å². The van der Waals surface area contributed by atoms with Gasteiger partial charge in [-0.05, 0) is 32.4 Å². The first-order chi connectivity index (χ1) is 9.13. The summed E-state index contributed by atoms with van der Waals surface area (Å²) >= 11 is 0. The van der Waals surface area contributed by atoms with Crippen LogP contribution in [-0.4, -0.2) is 50.9 Å². The topological polar surface area (TPSA) is 71.2 Å². The van der Waals surface area contributed by atoms with Crippen molar-refractivity contribution < 1.29 is 9.90 Å². The fourth-order valence-corrected chi connectivity index (χ4v) is 3.19. The van der Waals surface area contributed by atoms with Crippen LogP contribution in [0.3, 0.4) is 0 Å². The van der Waals surface area contributed by atoms with Crippen molar-refractivity contribution in [1.82, 2.24) is 19.7 Å². The monoisotopic (exact) mass is 264 g/mol. The molecule has 2 atom stereocenters. The largest absolute Gasteiger partial charge is 0.481 e. The van der Waals surface area contributed by atoms with E-state index in [9.17, 15) is 4.79 Å². The van der Waals surface area contributed by atoms with Crippen molar-refractivity contribution in [1.29, 1.82) is 0 Å². The van der Waals surface area contributed by atoms with Crippen molar-refractivity contribution >= 4 is 5.97 Å². The number of nitrogens with zero attached hydrogens (tertiary/aromatic N) is 4. The molecule has 2 unspecified atom stereocenters. The number of carbonyl (C=O) groups is 1. The number of aryl methyl sites for hydroxylation is 1. The quantitative estimate of drug-likeness (QED) is 0.856. The zero-order valence-corrected chi connectivity index (χ0v) is 11.2. The van der Waals surface area contributed by atoms with Gasteiger partial charge in [0.2, 0.25) is 0 Å². The number of rotatable bonds is 3. The lowest BCUT2D eigenvalue weighted by molar-refractivity contribution is -0.142. The molecule has 0 radical (unpaired) electrons. The smallest absolute Gasteiger partial charge is 0.308 e. The summed E-state index contributed by atoms with van der Waals surface area (Å²) in [5.74, 6) is 1.57. The second kappa shape index (κ2) is 4.92. The van der Waals surface area contributed by atoms with Gasteiger partial charge in [0.25, 0.3) is 0 Å². The van der Waals surface area contributed by atoms with Gasteiger partial charge >= 0.3 is 5.97 Å². The fraction of sp³-hybridized carbons (Fsp3) is 0.769. The molecule has 1 aromatic heterocycles. The molecule has 3 heterocycles. The van der Waals surface area contributed by atoms with Crippen molar-refractivity contribution in [2.75, 3.05) is 20.1 Å². The second-order valence-electron chi connectivity index (χ2n) is 5.84. The van der Waals surface area contributed by atoms with E-state index in [2.05, 4.69) is 22.1 Å². The molecule has 2 aliphatic heterocycles. The molecule has 19 heavy (non-hydrogen) atoms. The second-order valence-corrected chi connectivity index (χ2v) is 5.84. The van der Waals surface area contributed by atoms with Gasteiger partial charge in [0.05, 0.1) is 5.92 Å². The summed E-state index contributed by atoms with van der Waals surface area (Å²) in [5.41, 5.74) is 0. The average Bonchev–Trinajstić information content (AvgIpc) is 2.96. The average molecular weight is 264 g/mol. The van der Waals surface area contributed by atoms with Gasteiger partial charge in [-0.15, -0.1) is 10.2 Å². The van der Waals surface area contributed by atoms with Crippen molar-refractivity contribution in [3.63, 3.8) is 0 Å². The molecule has 1 aromatic rings. The van der Waals surface area contributed by atoms with Crippen LogP contribution in [0, 0.1) is 11.8 Å². The molecule has 0 bridgehead atoms. The number of fused-ring (bicyclic) bond motifs is 1. The number of aliphatic carboxylic acids is 1. The Morgan fingerprint density at radius 2 is 2.21 bits per heavy atom. The first kappa shape index (κ1) is 12.6. The van der Waals surface area contributed by atoms with Crippen LogP contribution in [0.4, 0.5) is 0 Å². The number of carboxylic acids is 1. The van der Waals surface area contributed by atoms with Gasteiger partial charge in [-0.3, -0.25) is 4.79 Å². The summed E-state index contributed by atoms with van der Waals surface area (Å²) in [4.78, 5) is 13.5. The van der Waals surface area contributed by atoms with E-state index >= 15 is 0 Å². The summed E-state index contributed by atoms with van der Waals surface area (Å²) in [6.45, 7) is 2.78. The summed E-state index contributed by atoms with van der Waals surface area (Å²) in [5, 5.41) is 17.6. The van der Waals surface area contributed by atoms with Gasteiger partial charge in [-0.25, -0.2) is 0 Å². The van der Waals surface area contributed by atoms with Gasteiger partial charge in [-0.2, -0.15) is 0 Å². The van der Waals surface area contributed by atoms with E-state index in [1.807, 2.05) is 4.57 Å². The first-order valence-electron chi connectivity index (χ1n) is 6.96. The van der Waals surface area contributed by atoms with E-state index in [-0.39, 0.29) is 5.92 Å². The van der Waals surface area contributed by atoms with Crippen LogP contribution in [0.1, 0.15) is 24.5 Å². The molecular weight excluding hydrogens is 244 g/mol. The highest BCUT2D eigenvalue weighted by molar-refractivity contribution is 5.70. The number of likely N-dealkylation sites (tertiary alicyclic amines) is 1. The normalized spacial score (nSPS) is 27.4. The van der Waals surface area contributed by atoms with Gasteiger partial charge in [-0.1, -0.05) is 0 Å². The van der Waals surface area contributed by atoms with E-state index in [0.29, 0.717) is 18.9 Å². The van der Waals surface area contributed by atoms with E-state index in [1.54, 1.807) is 0 Å². The van der Waals surface area contributed by atoms with Crippen LogP contribution >= 0.6 is 0 Å². The Kier molecular flexibility index (Phi) is 3.26.